The van der Waals surface area contributed by atoms with Gasteiger partial charge in [0, 0.05) is 6.04 Å². The summed E-state index contributed by atoms with van der Waals surface area (Å²) in [6.07, 6.45) is 3.28. The van der Waals surface area contributed by atoms with Crippen LogP contribution < -0.4 is 5.73 Å². The molecular formula is C12H19NOS2. The zero-order chi connectivity index (χ0) is 11.8. The zero-order valence-corrected chi connectivity index (χ0v) is 11.4. The Morgan fingerprint density at radius 3 is 2.94 bits per heavy atom. The molecule has 0 aliphatic heterocycles. The smallest absolute Gasteiger partial charge is 0.0914 e. The summed E-state index contributed by atoms with van der Waals surface area (Å²) in [5.41, 5.74) is 6.40. The van der Waals surface area contributed by atoms with Crippen LogP contribution in [0.25, 0.3) is 0 Å². The van der Waals surface area contributed by atoms with E-state index in [2.05, 4.69) is 13.8 Å². The van der Waals surface area contributed by atoms with E-state index in [1.54, 1.807) is 11.3 Å². The van der Waals surface area contributed by atoms with Gasteiger partial charge in [-0.15, -0.1) is 11.3 Å². The predicted molar refractivity (Wildman–Crippen MR) is 70.1 cm³/mol. The minimum absolute atomic E-state index is 0.0455. The van der Waals surface area contributed by atoms with E-state index in [9.17, 15) is 4.21 Å². The van der Waals surface area contributed by atoms with Crippen molar-refractivity contribution in [3.8, 4) is 0 Å². The maximum absolute atomic E-state index is 12.4. The molecule has 1 heterocycles. The van der Waals surface area contributed by atoms with Crippen molar-refractivity contribution >= 4 is 22.1 Å². The highest BCUT2D eigenvalue weighted by Crippen LogP contribution is 2.38. The number of rotatable bonds is 2. The van der Waals surface area contributed by atoms with E-state index in [0.717, 1.165) is 23.5 Å². The first-order chi connectivity index (χ1) is 7.52. The molecule has 0 amide bonds. The van der Waals surface area contributed by atoms with Gasteiger partial charge in [0.1, 0.15) is 0 Å². The van der Waals surface area contributed by atoms with Gasteiger partial charge >= 0.3 is 0 Å². The molecule has 0 spiro atoms. The fourth-order valence-electron chi connectivity index (χ4n) is 2.38. The summed E-state index contributed by atoms with van der Waals surface area (Å²) in [4.78, 5) is 0. The molecule has 1 saturated carbocycles. The fourth-order valence-corrected chi connectivity index (χ4v) is 5.27. The predicted octanol–water partition coefficient (Wildman–Crippen LogP) is 2.76. The monoisotopic (exact) mass is 257 g/mol. The lowest BCUT2D eigenvalue weighted by atomic mass is 9.73. The second-order valence-electron chi connectivity index (χ2n) is 5.17. The molecule has 1 aromatic rings. The van der Waals surface area contributed by atoms with Crippen LogP contribution >= 0.6 is 11.3 Å². The average Bonchev–Trinajstić information content (AvgIpc) is 2.74. The third kappa shape index (κ3) is 2.24. The molecule has 16 heavy (non-hydrogen) atoms. The van der Waals surface area contributed by atoms with Crippen LogP contribution in [0.2, 0.25) is 0 Å². The summed E-state index contributed by atoms with van der Waals surface area (Å²) in [7, 11) is -0.922. The molecule has 1 aliphatic carbocycles. The molecule has 2 N–H and O–H groups in total. The van der Waals surface area contributed by atoms with E-state index < -0.39 is 10.8 Å². The summed E-state index contributed by atoms with van der Waals surface area (Å²) in [6, 6.07) is 3.95. The molecule has 1 aromatic heterocycles. The Morgan fingerprint density at radius 1 is 1.56 bits per heavy atom. The van der Waals surface area contributed by atoms with E-state index in [-0.39, 0.29) is 16.7 Å². The molecule has 2 rings (SSSR count). The third-order valence-corrected chi connectivity index (χ3v) is 6.64. The third-order valence-electron chi connectivity index (χ3n) is 3.58. The minimum Gasteiger partial charge on any atom is -0.326 e. The van der Waals surface area contributed by atoms with Crippen LogP contribution in [0, 0.1) is 5.41 Å². The molecular weight excluding hydrogens is 238 g/mol. The molecule has 2 nitrogen and oxygen atoms in total. The van der Waals surface area contributed by atoms with Gasteiger partial charge in [0.05, 0.1) is 20.3 Å². The molecule has 3 atom stereocenters. The number of hydrogen-bond donors (Lipinski definition) is 1. The fraction of sp³-hybridized carbons (Fsp3) is 0.667. The van der Waals surface area contributed by atoms with Crippen molar-refractivity contribution in [3.05, 3.63) is 17.5 Å². The average molecular weight is 257 g/mol. The van der Waals surface area contributed by atoms with Crippen molar-refractivity contribution in [2.24, 2.45) is 11.1 Å². The first-order valence-corrected chi connectivity index (χ1v) is 7.81. The summed E-state index contributed by atoms with van der Waals surface area (Å²) < 4.78 is 13.4. The van der Waals surface area contributed by atoms with Crippen LogP contribution in [0.4, 0.5) is 0 Å². The minimum atomic E-state index is -0.922. The molecule has 0 bridgehead atoms. The summed E-state index contributed by atoms with van der Waals surface area (Å²) in [6.45, 7) is 4.38. The van der Waals surface area contributed by atoms with Gasteiger partial charge < -0.3 is 5.73 Å². The first-order valence-electron chi connectivity index (χ1n) is 5.72. The summed E-state index contributed by atoms with van der Waals surface area (Å²) in [5, 5.41) is 2.11. The number of nitrogens with two attached hydrogens (primary N) is 1. The molecule has 3 unspecified atom stereocenters. The van der Waals surface area contributed by atoms with E-state index >= 15 is 0 Å². The topological polar surface area (TPSA) is 43.1 Å². The summed E-state index contributed by atoms with van der Waals surface area (Å²) in [5.74, 6) is 0. The van der Waals surface area contributed by atoms with E-state index in [1.807, 2.05) is 17.5 Å². The van der Waals surface area contributed by atoms with E-state index in [4.69, 9.17) is 5.73 Å². The van der Waals surface area contributed by atoms with Gasteiger partial charge in [-0.3, -0.25) is 4.21 Å². The van der Waals surface area contributed by atoms with Gasteiger partial charge in [0.25, 0.3) is 0 Å². The highest BCUT2D eigenvalue weighted by atomic mass is 32.2. The molecule has 0 radical (unpaired) electrons. The van der Waals surface area contributed by atoms with Crippen molar-refractivity contribution in [1.29, 1.82) is 0 Å². The summed E-state index contributed by atoms with van der Waals surface area (Å²) >= 11 is 1.57. The van der Waals surface area contributed by atoms with Crippen LogP contribution in [0.1, 0.15) is 33.1 Å². The lowest BCUT2D eigenvalue weighted by Gasteiger charge is -2.41. The second-order valence-corrected chi connectivity index (χ2v) is 8.02. The highest BCUT2D eigenvalue weighted by molar-refractivity contribution is 7.88. The second kappa shape index (κ2) is 4.59. The van der Waals surface area contributed by atoms with E-state index in [1.165, 1.54) is 0 Å². The van der Waals surface area contributed by atoms with Gasteiger partial charge in [-0.2, -0.15) is 0 Å². The van der Waals surface area contributed by atoms with Crippen LogP contribution in [0.15, 0.2) is 21.7 Å². The Kier molecular flexibility index (Phi) is 3.52. The largest absolute Gasteiger partial charge is 0.326 e. The van der Waals surface area contributed by atoms with Gasteiger partial charge in [0.15, 0.2) is 0 Å². The number of thiophene rings is 1. The highest BCUT2D eigenvalue weighted by Gasteiger charge is 2.39. The molecule has 0 saturated heterocycles. The first kappa shape index (κ1) is 12.3. The van der Waals surface area contributed by atoms with E-state index in [0.29, 0.717) is 0 Å². The maximum Gasteiger partial charge on any atom is 0.0914 e. The van der Waals surface area contributed by atoms with Gasteiger partial charge in [-0.05, 0) is 29.7 Å². The van der Waals surface area contributed by atoms with Crippen molar-refractivity contribution in [3.63, 3.8) is 0 Å². The lowest BCUT2D eigenvalue weighted by molar-refractivity contribution is 0.206. The number of hydrogen-bond acceptors (Lipinski definition) is 3. The quantitative estimate of drug-likeness (QED) is 0.885. The van der Waals surface area contributed by atoms with Crippen LogP contribution in [0.3, 0.4) is 0 Å². The maximum atomic E-state index is 12.4. The molecule has 0 aromatic carbocycles. The van der Waals surface area contributed by atoms with Crippen molar-refractivity contribution in [1.82, 2.24) is 0 Å². The Labute approximate surface area is 104 Å². The van der Waals surface area contributed by atoms with Crippen molar-refractivity contribution < 1.29 is 4.21 Å². The molecule has 4 heteroatoms. The molecule has 1 aliphatic rings. The Morgan fingerprint density at radius 2 is 2.31 bits per heavy atom. The normalized spacial score (nSPS) is 31.2. The Hall–Kier alpha value is -0.190. The van der Waals surface area contributed by atoms with Gasteiger partial charge in [-0.1, -0.05) is 26.3 Å². The molecule has 1 fully saturated rings. The van der Waals surface area contributed by atoms with Gasteiger partial charge in [0.2, 0.25) is 0 Å². The standard InChI is InChI=1S/C12H19NOS2/c1-12(2)7-3-5-9(11(12)13)16(14)10-6-4-8-15-10/h4,6,8-9,11H,3,5,7,13H2,1-2H3. The van der Waals surface area contributed by atoms with Crippen LogP contribution in [-0.4, -0.2) is 15.5 Å². The zero-order valence-electron chi connectivity index (χ0n) is 9.81. The lowest BCUT2D eigenvalue weighted by Crippen LogP contribution is -2.51. The Bertz CT molecular complexity index is 372. The Balaban J connectivity index is 2.18. The van der Waals surface area contributed by atoms with Gasteiger partial charge in [-0.25, -0.2) is 0 Å². The van der Waals surface area contributed by atoms with Crippen LogP contribution in [-0.2, 0) is 10.8 Å². The van der Waals surface area contributed by atoms with Crippen molar-refractivity contribution in [2.75, 3.05) is 0 Å². The van der Waals surface area contributed by atoms with Crippen LogP contribution in [0.5, 0.6) is 0 Å². The SMILES string of the molecule is CC1(C)CCCC(S(=O)c2cccs2)C1N. The van der Waals surface area contributed by atoms with Crippen molar-refractivity contribution in [2.45, 2.75) is 48.6 Å². The molecule has 90 valence electrons.